The first kappa shape index (κ1) is 11.5. The highest BCUT2D eigenvalue weighted by Crippen LogP contribution is 2.29. The summed E-state index contributed by atoms with van der Waals surface area (Å²) in [6, 6.07) is 16.2. The molecule has 3 aromatic rings. The minimum atomic E-state index is -0.251. The van der Waals surface area contributed by atoms with Crippen molar-refractivity contribution in [3.63, 3.8) is 0 Å². The first-order valence-corrected chi connectivity index (χ1v) is 5.96. The molecule has 0 unspecified atom stereocenters. The third kappa shape index (κ3) is 2.36. The van der Waals surface area contributed by atoms with Crippen LogP contribution in [0.4, 0.5) is 4.39 Å². The van der Waals surface area contributed by atoms with Gasteiger partial charge in [-0.2, -0.15) is 0 Å². The molecule has 0 radical (unpaired) electrons. The molecule has 1 heterocycles. The number of nitrogens with zero attached hydrogens (tertiary/aromatic N) is 2. The standard InChI is InChI=1S/C16H11FN2/c17-14-8-6-13(7-9-14)16-15(10-18-11-19-16)12-4-2-1-3-5-12/h1-11H. The molecule has 0 atom stereocenters. The van der Waals surface area contributed by atoms with Crippen molar-refractivity contribution in [3.8, 4) is 22.4 Å². The fourth-order valence-corrected chi connectivity index (χ4v) is 2.00. The van der Waals surface area contributed by atoms with E-state index in [0.29, 0.717) is 0 Å². The number of hydrogen-bond acceptors (Lipinski definition) is 2. The van der Waals surface area contributed by atoms with Crippen LogP contribution in [0.25, 0.3) is 22.4 Å². The molecule has 0 aliphatic heterocycles. The smallest absolute Gasteiger partial charge is 0.123 e. The molecule has 0 aliphatic carbocycles. The quantitative estimate of drug-likeness (QED) is 0.688. The maximum atomic E-state index is 13.0. The highest BCUT2D eigenvalue weighted by Gasteiger charge is 2.08. The Morgan fingerprint density at radius 1 is 0.789 bits per heavy atom. The Bertz CT molecular complexity index is 679. The van der Waals surface area contributed by atoms with Gasteiger partial charge >= 0.3 is 0 Å². The van der Waals surface area contributed by atoms with Gasteiger partial charge in [-0.1, -0.05) is 30.3 Å². The minimum absolute atomic E-state index is 0.251. The van der Waals surface area contributed by atoms with Gasteiger partial charge in [0.05, 0.1) is 5.69 Å². The molecule has 1 aromatic heterocycles. The molecule has 0 aliphatic rings. The lowest BCUT2D eigenvalue weighted by Gasteiger charge is -2.08. The van der Waals surface area contributed by atoms with Gasteiger partial charge in [0.2, 0.25) is 0 Å². The Balaban J connectivity index is 2.15. The lowest BCUT2D eigenvalue weighted by atomic mass is 10.0. The minimum Gasteiger partial charge on any atom is -0.244 e. The van der Waals surface area contributed by atoms with Gasteiger partial charge in [0.25, 0.3) is 0 Å². The Labute approximate surface area is 110 Å². The Morgan fingerprint density at radius 3 is 2.26 bits per heavy atom. The van der Waals surface area contributed by atoms with Crippen LogP contribution in [0.5, 0.6) is 0 Å². The van der Waals surface area contributed by atoms with Crippen molar-refractivity contribution >= 4 is 0 Å². The molecule has 0 bridgehead atoms. The van der Waals surface area contributed by atoms with Gasteiger partial charge in [-0.25, -0.2) is 14.4 Å². The van der Waals surface area contributed by atoms with Gasteiger partial charge in [0.1, 0.15) is 12.1 Å². The number of halogens is 1. The van der Waals surface area contributed by atoms with E-state index in [-0.39, 0.29) is 5.82 Å². The second kappa shape index (κ2) is 4.98. The van der Waals surface area contributed by atoms with Crippen molar-refractivity contribution in [3.05, 3.63) is 72.9 Å². The summed E-state index contributed by atoms with van der Waals surface area (Å²) in [6.45, 7) is 0. The van der Waals surface area contributed by atoms with Crippen molar-refractivity contribution < 1.29 is 4.39 Å². The topological polar surface area (TPSA) is 25.8 Å². The molecule has 0 N–H and O–H groups in total. The van der Waals surface area contributed by atoms with Gasteiger partial charge < -0.3 is 0 Å². The maximum Gasteiger partial charge on any atom is 0.123 e. The van der Waals surface area contributed by atoms with Gasteiger partial charge in [-0.15, -0.1) is 0 Å². The van der Waals surface area contributed by atoms with E-state index in [0.717, 1.165) is 22.4 Å². The van der Waals surface area contributed by atoms with Crippen LogP contribution in [0.1, 0.15) is 0 Å². The number of benzene rings is 2. The Morgan fingerprint density at radius 2 is 1.53 bits per heavy atom. The number of rotatable bonds is 2. The fourth-order valence-electron chi connectivity index (χ4n) is 2.00. The van der Waals surface area contributed by atoms with E-state index < -0.39 is 0 Å². The third-order valence-corrected chi connectivity index (χ3v) is 2.91. The number of aromatic nitrogens is 2. The van der Waals surface area contributed by atoms with Crippen LogP contribution in [0, 0.1) is 5.82 Å². The second-order valence-electron chi connectivity index (χ2n) is 4.16. The predicted molar refractivity (Wildman–Crippen MR) is 72.9 cm³/mol. The molecule has 0 saturated carbocycles. The van der Waals surface area contributed by atoms with Crippen molar-refractivity contribution in [1.29, 1.82) is 0 Å². The van der Waals surface area contributed by atoms with E-state index in [1.54, 1.807) is 18.3 Å². The molecule has 0 spiro atoms. The van der Waals surface area contributed by atoms with Crippen LogP contribution in [0.15, 0.2) is 67.1 Å². The fraction of sp³-hybridized carbons (Fsp3) is 0. The van der Waals surface area contributed by atoms with E-state index in [1.807, 2.05) is 30.3 Å². The van der Waals surface area contributed by atoms with E-state index >= 15 is 0 Å². The molecule has 92 valence electrons. The van der Waals surface area contributed by atoms with Crippen LogP contribution in [0.2, 0.25) is 0 Å². The molecule has 0 amide bonds. The Hall–Kier alpha value is -2.55. The van der Waals surface area contributed by atoms with Crippen LogP contribution in [-0.2, 0) is 0 Å². The van der Waals surface area contributed by atoms with Crippen LogP contribution >= 0.6 is 0 Å². The van der Waals surface area contributed by atoms with E-state index in [4.69, 9.17) is 0 Å². The lowest BCUT2D eigenvalue weighted by molar-refractivity contribution is 0.628. The van der Waals surface area contributed by atoms with Crippen molar-refractivity contribution in [2.24, 2.45) is 0 Å². The van der Waals surface area contributed by atoms with Gasteiger partial charge in [-0.3, -0.25) is 0 Å². The van der Waals surface area contributed by atoms with E-state index in [2.05, 4.69) is 9.97 Å². The molecule has 2 nitrogen and oxygen atoms in total. The summed E-state index contributed by atoms with van der Waals surface area (Å²) in [4.78, 5) is 8.40. The van der Waals surface area contributed by atoms with Gasteiger partial charge in [-0.05, 0) is 29.8 Å². The molecule has 19 heavy (non-hydrogen) atoms. The molecule has 3 rings (SSSR count). The zero-order chi connectivity index (χ0) is 13.1. The zero-order valence-electron chi connectivity index (χ0n) is 10.1. The van der Waals surface area contributed by atoms with Gasteiger partial charge in [0, 0.05) is 17.3 Å². The summed E-state index contributed by atoms with van der Waals surface area (Å²) < 4.78 is 13.0. The van der Waals surface area contributed by atoms with Crippen LogP contribution < -0.4 is 0 Å². The highest BCUT2D eigenvalue weighted by molar-refractivity contribution is 5.79. The Kier molecular flexibility index (Phi) is 3.02. The number of hydrogen-bond donors (Lipinski definition) is 0. The molecular weight excluding hydrogens is 239 g/mol. The van der Waals surface area contributed by atoms with Gasteiger partial charge in [0.15, 0.2) is 0 Å². The summed E-state index contributed by atoms with van der Waals surface area (Å²) in [6.07, 6.45) is 3.28. The first-order valence-electron chi connectivity index (χ1n) is 5.96. The summed E-state index contributed by atoms with van der Waals surface area (Å²) in [7, 11) is 0. The average Bonchev–Trinajstić information content (AvgIpc) is 2.49. The van der Waals surface area contributed by atoms with Crippen LogP contribution in [0.3, 0.4) is 0 Å². The lowest BCUT2D eigenvalue weighted by Crippen LogP contribution is -1.90. The summed E-state index contributed by atoms with van der Waals surface area (Å²) in [5.41, 5.74) is 3.67. The monoisotopic (exact) mass is 250 g/mol. The molecular formula is C16H11FN2. The van der Waals surface area contributed by atoms with Crippen molar-refractivity contribution in [2.75, 3.05) is 0 Å². The van der Waals surface area contributed by atoms with E-state index in [1.165, 1.54) is 18.5 Å². The van der Waals surface area contributed by atoms with Crippen molar-refractivity contribution in [1.82, 2.24) is 9.97 Å². The largest absolute Gasteiger partial charge is 0.244 e. The highest BCUT2D eigenvalue weighted by atomic mass is 19.1. The zero-order valence-corrected chi connectivity index (χ0v) is 10.1. The second-order valence-corrected chi connectivity index (χ2v) is 4.16. The summed E-state index contributed by atoms with van der Waals surface area (Å²) >= 11 is 0. The third-order valence-electron chi connectivity index (χ3n) is 2.91. The summed E-state index contributed by atoms with van der Waals surface area (Å²) in [5, 5.41) is 0. The summed E-state index contributed by atoms with van der Waals surface area (Å²) in [5.74, 6) is -0.251. The SMILES string of the molecule is Fc1ccc(-c2ncncc2-c2ccccc2)cc1. The van der Waals surface area contributed by atoms with E-state index in [9.17, 15) is 4.39 Å². The first-order chi connectivity index (χ1) is 9.34. The molecule has 0 fully saturated rings. The van der Waals surface area contributed by atoms with Crippen LogP contribution in [-0.4, -0.2) is 9.97 Å². The maximum absolute atomic E-state index is 13.0. The normalized spacial score (nSPS) is 10.4. The molecule has 0 saturated heterocycles. The molecule has 2 aromatic carbocycles. The molecule has 3 heteroatoms. The predicted octanol–water partition coefficient (Wildman–Crippen LogP) is 3.95. The van der Waals surface area contributed by atoms with Crippen molar-refractivity contribution in [2.45, 2.75) is 0 Å². The average molecular weight is 250 g/mol.